The van der Waals surface area contributed by atoms with E-state index in [9.17, 15) is 0 Å². The maximum Gasteiger partial charge on any atom is 0.203 e. The summed E-state index contributed by atoms with van der Waals surface area (Å²) in [7, 11) is 8.52. The summed E-state index contributed by atoms with van der Waals surface area (Å²) in [5.74, 6) is 1.97. The van der Waals surface area contributed by atoms with Crippen LogP contribution in [0, 0.1) is 0 Å². The SMILES string of the molecule is CNC(CCCOC)c1cc(OC)c(OC)c(OC)c1. The topological polar surface area (TPSA) is 49.0 Å². The zero-order valence-electron chi connectivity index (χ0n) is 13.0. The van der Waals surface area contributed by atoms with Gasteiger partial charge >= 0.3 is 0 Å². The second-order valence-corrected chi connectivity index (χ2v) is 4.43. The number of rotatable bonds is 9. The Hall–Kier alpha value is -1.46. The lowest BCUT2D eigenvalue weighted by atomic mass is 10.0. The van der Waals surface area contributed by atoms with Crippen molar-refractivity contribution < 1.29 is 18.9 Å². The summed E-state index contributed by atoms with van der Waals surface area (Å²) in [6.07, 6.45) is 1.96. The Morgan fingerprint density at radius 3 is 2.00 bits per heavy atom. The largest absolute Gasteiger partial charge is 0.493 e. The van der Waals surface area contributed by atoms with Crippen molar-refractivity contribution >= 4 is 0 Å². The Balaban J connectivity index is 3.03. The highest BCUT2D eigenvalue weighted by Crippen LogP contribution is 2.40. The Morgan fingerprint density at radius 1 is 1.00 bits per heavy atom. The molecule has 0 aliphatic rings. The van der Waals surface area contributed by atoms with Gasteiger partial charge in [-0.2, -0.15) is 0 Å². The van der Waals surface area contributed by atoms with E-state index in [0.29, 0.717) is 17.2 Å². The van der Waals surface area contributed by atoms with Gasteiger partial charge in [0.05, 0.1) is 21.3 Å². The molecule has 0 saturated carbocycles. The Kier molecular flexibility index (Phi) is 7.18. The molecule has 0 heterocycles. The van der Waals surface area contributed by atoms with Crippen molar-refractivity contribution in [1.29, 1.82) is 0 Å². The van der Waals surface area contributed by atoms with E-state index in [2.05, 4.69) is 5.32 Å². The molecule has 1 N–H and O–H groups in total. The van der Waals surface area contributed by atoms with Gasteiger partial charge < -0.3 is 24.3 Å². The fraction of sp³-hybridized carbons (Fsp3) is 0.600. The molecule has 0 bridgehead atoms. The van der Waals surface area contributed by atoms with Gasteiger partial charge in [0.1, 0.15) is 0 Å². The van der Waals surface area contributed by atoms with Gasteiger partial charge in [-0.1, -0.05) is 0 Å². The number of ether oxygens (including phenoxy) is 4. The molecule has 0 fully saturated rings. The summed E-state index contributed by atoms with van der Waals surface area (Å²) in [4.78, 5) is 0. The minimum absolute atomic E-state index is 0.221. The highest BCUT2D eigenvalue weighted by atomic mass is 16.5. The van der Waals surface area contributed by atoms with E-state index >= 15 is 0 Å². The van der Waals surface area contributed by atoms with Crippen molar-refractivity contribution in [3.63, 3.8) is 0 Å². The van der Waals surface area contributed by atoms with Crippen molar-refractivity contribution in [1.82, 2.24) is 5.32 Å². The van der Waals surface area contributed by atoms with Crippen molar-refractivity contribution in [3.05, 3.63) is 17.7 Å². The van der Waals surface area contributed by atoms with Crippen LogP contribution in [-0.2, 0) is 4.74 Å². The van der Waals surface area contributed by atoms with E-state index in [4.69, 9.17) is 18.9 Å². The zero-order chi connectivity index (χ0) is 15.0. The first kappa shape index (κ1) is 16.6. The Labute approximate surface area is 121 Å². The van der Waals surface area contributed by atoms with Gasteiger partial charge in [0.2, 0.25) is 5.75 Å². The monoisotopic (exact) mass is 283 g/mol. The van der Waals surface area contributed by atoms with Crippen molar-refractivity contribution in [3.8, 4) is 17.2 Å². The fourth-order valence-corrected chi connectivity index (χ4v) is 2.21. The molecule has 0 aliphatic carbocycles. The van der Waals surface area contributed by atoms with Gasteiger partial charge in [-0.05, 0) is 37.6 Å². The maximum atomic E-state index is 5.38. The van der Waals surface area contributed by atoms with Crippen LogP contribution in [0.25, 0.3) is 0 Å². The maximum absolute atomic E-state index is 5.38. The molecular formula is C15H25NO4. The molecule has 20 heavy (non-hydrogen) atoms. The van der Waals surface area contributed by atoms with Gasteiger partial charge in [-0.25, -0.2) is 0 Å². The van der Waals surface area contributed by atoms with Crippen molar-refractivity contribution in [2.24, 2.45) is 0 Å². The minimum Gasteiger partial charge on any atom is -0.493 e. The zero-order valence-corrected chi connectivity index (χ0v) is 13.0. The van der Waals surface area contributed by atoms with Crippen LogP contribution in [0.3, 0.4) is 0 Å². The van der Waals surface area contributed by atoms with Crippen molar-refractivity contribution in [2.75, 3.05) is 42.1 Å². The molecular weight excluding hydrogens is 258 g/mol. The first-order chi connectivity index (χ1) is 9.71. The van der Waals surface area contributed by atoms with Gasteiger partial charge in [0.15, 0.2) is 11.5 Å². The highest BCUT2D eigenvalue weighted by Gasteiger charge is 2.17. The summed E-state index contributed by atoms with van der Waals surface area (Å²) in [6.45, 7) is 0.753. The second-order valence-electron chi connectivity index (χ2n) is 4.43. The molecule has 0 aliphatic heterocycles. The third-order valence-electron chi connectivity index (χ3n) is 3.28. The average molecular weight is 283 g/mol. The van der Waals surface area contributed by atoms with Crippen LogP contribution in [0.4, 0.5) is 0 Å². The van der Waals surface area contributed by atoms with Crippen molar-refractivity contribution in [2.45, 2.75) is 18.9 Å². The van der Waals surface area contributed by atoms with Gasteiger partial charge in [0.25, 0.3) is 0 Å². The van der Waals surface area contributed by atoms with Gasteiger partial charge in [0, 0.05) is 19.8 Å². The van der Waals surface area contributed by atoms with E-state index in [0.717, 1.165) is 25.0 Å². The molecule has 0 aromatic heterocycles. The lowest BCUT2D eigenvalue weighted by molar-refractivity contribution is 0.189. The van der Waals surface area contributed by atoms with E-state index in [1.54, 1.807) is 28.4 Å². The Bertz CT molecular complexity index is 384. The van der Waals surface area contributed by atoms with Crippen LogP contribution in [0.15, 0.2) is 12.1 Å². The number of hydrogen-bond donors (Lipinski definition) is 1. The van der Waals surface area contributed by atoms with Crippen LogP contribution >= 0.6 is 0 Å². The molecule has 0 saturated heterocycles. The van der Waals surface area contributed by atoms with E-state index in [1.165, 1.54) is 0 Å². The standard InChI is InChI=1S/C15H25NO4/c1-16-12(7-6-8-17-2)11-9-13(18-3)15(20-5)14(10-11)19-4/h9-10,12,16H,6-8H2,1-5H3. The molecule has 5 heteroatoms. The number of benzene rings is 1. The minimum atomic E-state index is 0.221. The third kappa shape index (κ3) is 4.02. The lowest BCUT2D eigenvalue weighted by Crippen LogP contribution is -2.17. The highest BCUT2D eigenvalue weighted by molar-refractivity contribution is 5.54. The lowest BCUT2D eigenvalue weighted by Gasteiger charge is -2.20. The average Bonchev–Trinajstić information content (AvgIpc) is 2.50. The molecule has 1 aromatic rings. The Morgan fingerprint density at radius 2 is 1.60 bits per heavy atom. The fourth-order valence-electron chi connectivity index (χ4n) is 2.21. The van der Waals surface area contributed by atoms with Gasteiger partial charge in [-0.15, -0.1) is 0 Å². The normalized spacial score (nSPS) is 12.1. The smallest absolute Gasteiger partial charge is 0.203 e. The van der Waals surface area contributed by atoms with E-state index in [-0.39, 0.29) is 6.04 Å². The van der Waals surface area contributed by atoms with Crippen LogP contribution in [0.2, 0.25) is 0 Å². The molecule has 5 nitrogen and oxygen atoms in total. The molecule has 0 amide bonds. The summed E-state index contributed by atoms with van der Waals surface area (Å²) < 4.78 is 21.2. The summed E-state index contributed by atoms with van der Waals surface area (Å²) >= 11 is 0. The van der Waals surface area contributed by atoms with Crippen LogP contribution in [-0.4, -0.2) is 42.1 Å². The second kappa shape index (κ2) is 8.66. The molecule has 1 rings (SSSR count). The van der Waals surface area contributed by atoms with Gasteiger partial charge in [-0.3, -0.25) is 0 Å². The molecule has 0 radical (unpaired) electrons. The van der Waals surface area contributed by atoms with E-state index < -0.39 is 0 Å². The third-order valence-corrected chi connectivity index (χ3v) is 3.28. The molecule has 1 atom stereocenters. The number of hydrogen-bond acceptors (Lipinski definition) is 5. The first-order valence-electron chi connectivity index (χ1n) is 6.67. The predicted octanol–water partition coefficient (Wildman–Crippen LogP) is 2.40. The van der Waals surface area contributed by atoms with Crippen LogP contribution < -0.4 is 19.5 Å². The van der Waals surface area contributed by atoms with E-state index in [1.807, 2.05) is 19.2 Å². The quantitative estimate of drug-likeness (QED) is 0.705. The summed E-state index contributed by atoms with van der Waals surface area (Å²) in [5.41, 5.74) is 1.11. The van der Waals surface area contributed by atoms with Crippen LogP contribution in [0.1, 0.15) is 24.4 Å². The molecule has 1 aromatic carbocycles. The number of nitrogens with one attached hydrogen (secondary N) is 1. The summed E-state index contributed by atoms with van der Waals surface area (Å²) in [6, 6.07) is 4.18. The van der Waals surface area contributed by atoms with Crippen LogP contribution in [0.5, 0.6) is 17.2 Å². The molecule has 1 unspecified atom stereocenters. The molecule has 0 spiro atoms. The summed E-state index contributed by atoms with van der Waals surface area (Å²) in [5, 5.41) is 3.31. The molecule has 114 valence electrons. The number of methoxy groups -OCH3 is 4. The first-order valence-corrected chi connectivity index (χ1v) is 6.67. The predicted molar refractivity (Wildman–Crippen MR) is 79.0 cm³/mol.